The van der Waals surface area contributed by atoms with Crippen LogP contribution < -0.4 is 16.4 Å². The maximum Gasteiger partial charge on any atom is 0.222 e. The van der Waals surface area contributed by atoms with Gasteiger partial charge in [0.1, 0.15) is 5.82 Å². The van der Waals surface area contributed by atoms with Gasteiger partial charge in [-0.2, -0.15) is 4.98 Å². The number of anilines is 2. The van der Waals surface area contributed by atoms with Crippen LogP contribution in [0.3, 0.4) is 0 Å². The fourth-order valence-corrected chi connectivity index (χ4v) is 2.81. The molecular weight excluding hydrogens is 288 g/mol. The number of hydrogen-bond acceptors (Lipinski definition) is 6. The number of likely N-dealkylation sites (N-methyl/N-ethyl adjacent to an activating group) is 1. The van der Waals surface area contributed by atoms with Gasteiger partial charge in [0.15, 0.2) is 0 Å². The smallest absolute Gasteiger partial charge is 0.222 e. The minimum Gasteiger partial charge on any atom is -0.368 e. The minimum atomic E-state index is 0.322. The van der Waals surface area contributed by atoms with Gasteiger partial charge in [0.2, 0.25) is 5.95 Å². The van der Waals surface area contributed by atoms with Gasteiger partial charge in [-0.05, 0) is 25.6 Å². The van der Waals surface area contributed by atoms with Crippen LogP contribution in [0.2, 0.25) is 0 Å². The van der Waals surface area contributed by atoms with Gasteiger partial charge >= 0.3 is 0 Å². The molecule has 1 saturated heterocycles. The molecule has 1 aromatic carbocycles. The van der Waals surface area contributed by atoms with E-state index in [4.69, 9.17) is 11.5 Å². The van der Waals surface area contributed by atoms with Crippen LogP contribution in [-0.2, 0) is 6.42 Å². The van der Waals surface area contributed by atoms with Crippen molar-refractivity contribution in [3.63, 3.8) is 0 Å². The molecule has 6 heteroatoms. The van der Waals surface area contributed by atoms with Gasteiger partial charge in [0, 0.05) is 37.8 Å². The number of nitrogen functional groups attached to an aromatic ring is 1. The summed E-state index contributed by atoms with van der Waals surface area (Å²) < 4.78 is 0. The van der Waals surface area contributed by atoms with E-state index >= 15 is 0 Å². The maximum absolute atomic E-state index is 5.93. The molecule has 3 rings (SSSR count). The van der Waals surface area contributed by atoms with Gasteiger partial charge in [-0.15, -0.1) is 0 Å². The Hall–Kier alpha value is -2.18. The predicted molar refractivity (Wildman–Crippen MR) is 94.3 cm³/mol. The molecule has 4 N–H and O–H groups in total. The highest BCUT2D eigenvalue weighted by Crippen LogP contribution is 2.24. The Bertz CT molecular complexity index is 647. The fraction of sp³-hybridized carbons (Fsp3) is 0.412. The van der Waals surface area contributed by atoms with Crippen molar-refractivity contribution in [2.24, 2.45) is 5.73 Å². The zero-order valence-corrected chi connectivity index (χ0v) is 13.6. The summed E-state index contributed by atoms with van der Waals surface area (Å²) in [5.74, 6) is 1.23. The molecule has 23 heavy (non-hydrogen) atoms. The Labute approximate surface area is 137 Å². The highest BCUT2D eigenvalue weighted by atomic mass is 15.3. The second kappa shape index (κ2) is 6.93. The van der Waals surface area contributed by atoms with E-state index in [-0.39, 0.29) is 0 Å². The van der Waals surface area contributed by atoms with Gasteiger partial charge in [0.05, 0.1) is 5.69 Å². The highest BCUT2D eigenvalue weighted by molar-refractivity contribution is 5.64. The molecule has 1 aromatic heterocycles. The summed E-state index contributed by atoms with van der Waals surface area (Å²) in [5.41, 5.74) is 14.7. The number of hydrogen-bond donors (Lipinski definition) is 2. The van der Waals surface area contributed by atoms with E-state index in [1.54, 1.807) is 0 Å². The molecule has 0 spiro atoms. The van der Waals surface area contributed by atoms with E-state index in [1.165, 1.54) is 5.56 Å². The molecule has 0 aliphatic carbocycles. The summed E-state index contributed by atoms with van der Waals surface area (Å²) in [6.45, 7) is 4.65. The van der Waals surface area contributed by atoms with E-state index in [9.17, 15) is 0 Å². The van der Waals surface area contributed by atoms with Crippen molar-refractivity contribution in [2.45, 2.75) is 6.42 Å². The number of nitrogens with zero attached hydrogens (tertiary/aromatic N) is 4. The normalized spacial score (nSPS) is 15.8. The van der Waals surface area contributed by atoms with Crippen molar-refractivity contribution in [2.75, 3.05) is 50.4 Å². The first-order chi connectivity index (χ1) is 11.2. The highest BCUT2D eigenvalue weighted by Gasteiger charge is 2.17. The van der Waals surface area contributed by atoms with Crippen LogP contribution in [0.25, 0.3) is 11.3 Å². The first-order valence-corrected chi connectivity index (χ1v) is 8.03. The molecule has 122 valence electrons. The van der Waals surface area contributed by atoms with Crippen molar-refractivity contribution < 1.29 is 0 Å². The van der Waals surface area contributed by atoms with Crippen molar-refractivity contribution in [3.05, 3.63) is 35.9 Å². The molecule has 0 unspecified atom stereocenters. The van der Waals surface area contributed by atoms with Crippen molar-refractivity contribution in [1.82, 2.24) is 14.9 Å². The molecule has 0 bridgehead atoms. The van der Waals surface area contributed by atoms with E-state index < -0.39 is 0 Å². The topological polar surface area (TPSA) is 84.3 Å². The molecular formula is C17H24N6. The molecule has 0 saturated carbocycles. The van der Waals surface area contributed by atoms with Gasteiger partial charge in [-0.1, -0.05) is 24.3 Å². The van der Waals surface area contributed by atoms with E-state index in [0.29, 0.717) is 12.5 Å². The monoisotopic (exact) mass is 312 g/mol. The first-order valence-electron chi connectivity index (χ1n) is 8.03. The van der Waals surface area contributed by atoms with Crippen LogP contribution in [0, 0.1) is 0 Å². The number of rotatable bonds is 4. The Balaban J connectivity index is 1.85. The third-order valence-corrected chi connectivity index (χ3v) is 4.24. The van der Waals surface area contributed by atoms with Crippen LogP contribution in [0.1, 0.15) is 5.56 Å². The second-order valence-corrected chi connectivity index (χ2v) is 6.00. The molecule has 2 aromatic rings. The van der Waals surface area contributed by atoms with Crippen LogP contribution in [0.5, 0.6) is 0 Å². The van der Waals surface area contributed by atoms with Crippen molar-refractivity contribution in [3.8, 4) is 11.3 Å². The second-order valence-electron chi connectivity index (χ2n) is 6.00. The quantitative estimate of drug-likeness (QED) is 0.875. The van der Waals surface area contributed by atoms with Gasteiger partial charge in [-0.25, -0.2) is 4.98 Å². The molecule has 1 fully saturated rings. The molecule has 2 heterocycles. The SMILES string of the molecule is CN1CCN(c2cc(-c3ccc(CCN)cc3)nc(N)n2)CC1. The molecule has 1 aliphatic rings. The molecule has 0 radical (unpaired) electrons. The van der Waals surface area contributed by atoms with E-state index in [2.05, 4.69) is 51.1 Å². The lowest BCUT2D eigenvalue weighted by Crippen LogP contribution is -2.44. The lowest BCUT2D eigenvalue weighted by atomic mass is 10.1. The minimum absolute atomic E-state index is 0.322. The first kappa shape index (κ1) is 15.7. The third-order valence-electron chi connectivity index (χ3n) is 4.24. The van der Waals surface area contributed by atoms with Gasteiger partial charge < -0.3 is 21.3 Å². The predicted octanol–water partition coefficient (Wildman–Crippen LogP) is 0.979. The molecule has 6 nitrogen and oxygen atoms in total. The van der Waals surface area contributed by atoms with Crippen LogP contribution in [-0.4, -0.2) is 54.6 Å². The third kappa shape index (κ3) is 3.78. The van der Waals surface area contributed by atoms with Crippen LogP contribution in [0.4, 0.5) is 11.8 Å². The van der Waals surface area contributed by atoms with E-state index in [1.807, 2.05) is 6.07 Å². The standard InChI is InChI=1S/C17H24N6/c1-22-8-10-23(11-9-22)16-12-15(20-17(19)21-16)14-4-2-13(3-5-14)6-7-18/h2-5,12H,6-11,18H2,1H3,(H2,19,20,21). The lowest BCUT2D eigenvalue weighted by Gasteiger charge is -2.33. The average Bonchev–Trinajstić information content (AvgIpc) is 2.56. The van der Waals surface area contributed by atoms with Gasteiger partial charge in [-0.3, -0.25) is 0 Å². The zero-order chi connectivity index (χ0) is 16.2. The number of nitrogens with two attached hydrogens (primary N) is 2. The Morgan fingerprint density at radius 1 is 1.04 bits per heavy atom. The Morgan fingerprint density at radius 3 is 2.39 bits per heavy atom. The summed E-state index contributed by atoms with van der Waals surface area (Å²) >= 11 is 0. The van der Waals surface area contributed by atoms with Crippen molar-refractivity contribution in [1.29, 1.82) is 0 Å². The molecule has 0 atom stereocenters. The lowest BCUT2D eigenvalue weighted by molar-refractivity contribution is 0.312. The summed E-state index contributed by atoms with van der Waals surface area (Å²) in [5, 5.41) is 0. The van der Waals surface area contributed by atoms with Crippen molar-refractivity contribution >= 4 is 11.8 Å². The van der Waals surface area contributed by atoms with Crippen LogP contribution in [0.15, 0.2) is 30.3 Å². The maximum atomic E-state index is 5.93. The number of benzene rings is 1. The van der Waals surface area contributed by atoms with Crippen LogP contribution >= 0.6 is 0 Å². The molecule has 0 amide bonds. The zero-order valence-electron chi connectivity index (χ0n) is 13.6. The summed E-state index contributed by atoms with van der Waals surface area (Å²) in [7, 11) is 2.14. The largest absolute Gasteiger partial charge is 0.368 e. The fourth-order valence-electron chi connectivity index (χ4n) is 2.81. The summed E-state index contributed by atoms with van der Waals surface area (Å²) in [6, 6.07) is 10.4. The summed E-state index contributed by atoms with van der Waals surface area (Å²) in [4.78, 5) is 13.4. The summed E-state index contributed by atoms with van der Waals surface area (Å²) in [6.07, 6.45) is 0.888. The average molecular weight is 312 g/mol. The Morgan fingerprint density at radius 2 is 1.74 bits per heavy atom. The van der Waals surface area contributed by atoms with E-state index in [0.717, 1.165) is 49.7 Å². The number of aromatic nitrogens is 2. The Kier molecular flexibility index (Phi) is 4.73. The number of piperazine rings is 1. The molecule has 1 aliphatic heterocycles. The van der Waals surface area contributed by atoms with Gasteiger partial charge in [0.25, 0.3) is 0 Å².